The number of nitrogens with one attached hydrogen (secondary N) is 2. The van der Waals surface area contributed by atoms with Crippen molar-refractivity contribution < 1.29 is 19.1 Å². The molecule has 2 fully saturated rings. The Labute approximate surface area is 253 Å². The number of aromatic nitrogens is 2. The second-order valence-electron chi connectivity index (χ2n) is 10.7. The molecule has 0 bridgehead atoms. The number of benzene rings is 2. The van der Waals surface area contributed by atoms with Gasteiger partial charge in [0, 0.05) is 51.3 Å². The largest absolute Gasteiger partial charge is 0.494 e. The van der Waals surface area contributed by atoms with Crippen LogP contribution in [0.4, 0.5) is 28.7 Å². The molecule has 228 valence electrons. The van der Waals surface area contributed by atoms with E-state index in [-0.39, 0.29) is 11.9 Å². The number of amides is 1. The van der Waals surface area contributed by atoms with Gasteiger partial charge in [-0.05, 0) is 37.6 Å². The van der Waals surface area contributed by atoms with Crippen LogP contribution in [0.25, 0.3) is 0 Å². The molecule has 2 aliphatic rings. The first-order valence-electron chi connectivity index (χ1n) is 14.7. The molecule has 3 aromatic rings. The molecule has 3 heterocycles. The van der Waals surface area contributed by atoms with Crippen LogP contribution >= 0.6 is 0 Å². The highest BCUT2D eigenvalue weighted by atomic mass is 16.7. The van der Waals surface area contributed by atoms with Gasteiger partial charge in [0.15, 0.2) is 5.82 Å². The molecule has 11 heteroatoms. The summed E-state index contributed by atoms with van der Waals surface area (Å²) in [4.78, 5) is 32.0. The van der Waals surface area contributed by atoms with Crippen molar-refractivity contribution in [3.63, 3.8) is 0 Å². The highest BCUT2D eigenvalue weighted by molar-refractivity contribution is 6.02. The summed E-state index contributed by atoms with van der Waals surface area (Å²) in [5, 5.41) is 8.21. The SMILES string of the molecule is C=CC(=O)Nc1cc(Nc2cc(N3OCCC3c3ccccc3)ncn2)c(OC)cc1N1CCC(N(C)CCOC)CC1. The Morgan fingerprint density at radius 3 is 2.63 bits per heavy atom. The zero-order valence-electron chi connectivity index (χ0n) is 25.2. The highest BCUT2D eigenvalue weighted by Gasteiger charge is 2.29. The van der Waals surface area contributed by atoms with E-state index in [4.69, 9.17) is 14.3 Å². The summed E-state index contributed by atoms with van der Waals surface area (Å²) in [5.41, 5.74) is 3.39. The molecule has 43 heavy (non-hydrogen) atoms. The van der Waals surface area contributed by atoms with Crippen molar-refractivity contribution in [3.05, 3.63) is 73.1 Å². The normalized spacial score (nSPS) is 17.3. The third kappa shape index (κ3) is 7.24. The lowest BCUT2D eigenvalue weighted by molar-refractivity contribution is -0.111. The van der Waals surface area contributed by atoms with Crippen LogP contribution in [0.1, 0.15) is 30.9 Å². The molecule has 1 unspecified atom stereocenters. The molecule has 2 aliphatic heterocycles. The summed E-state index contributed by atoms with van der Waals surface area (Å²) < 4.78 is 11.1. The number of nitrogens with zero attached hydrogens (tertiary/aromatic N) is 5. The van der Waals surface area contributed by atoms with E-state index in [0.29, 0.717) is 48.0 Å². The van der Waals surface area contributed by atoms with E-state index < -0.39 is 0 Å². The van der Waals surface area contributed by atoms with Crippen molar-refractivity contribution in [1.29, 1.82) is 0 Å². The monoisotopic (exact) mass is 587 g/mol. The molecule has 5 rings (SSSR count). The zero-order chi connectivity index (χ0) is 30.2. The standard InChI is InChI=1S/C32H41N7O4/c1-5-32(40)36-25-19-26(29(42-4)20-28(25)38-14-11-24(12-15-38)37(2)16-18-41-3)35-30-21-31(34-22-33-30)39-27(13-17-43-39)23-9-7-6-8-10-23/h5-10,19-22,24,27H,1,11-18H2,2-4H3,(H,36,40)(H,33,34,35). The number of carbonyl (C=O) groups excluding carboxylic acids is 1. The third-order valence-corrected chi connectivity index (χ3v) is 8.07. The Morgan fingerprint density at radius 2 is 1.91 bits per heavy atom. The Hall–Kier alpha value is -4.19. The maximum atomic E-state index is 12.5. The Kier molecular flexibility index (Phi) is 10.1. The molecule has 0 aliphatic carbocycles. The first-order chi connectivity index (χ1) is 21.0. The second kappa shape index (κ2) is 14.3. The smallest absolute Gasteiger partial charge is 0.247 e. The first kappa shape index (κ1) is 30.3. The van der Waals surface area contributed by atoms with Crippen LogP contribution in [-0.2, 0) is 14.4 Å². The summed E-state index contributed by atoms with van der Waals surface area (Å²) in [7, 11) is 5.51. The fourth-order valence-electron chi connectivity index (χ4n) is 5.69. The van der Waals surface area contributed by atoms with Crippen molar-refractivity contribution in [2.75, 3.05) is 74.7 Å². The van der Waals surface area contributed by atoms with Gasteiger partial charge in [0.1, 0.15) is 17.9 Å². The quantitative estimate of drug-likeness (QED) is 0.288. The van der Waals surface area contributed by atoms with Gasteiger partial charge >= 0.3 is 0 Å². The lowest BCUT2D eigenvalue weighted by atomic mass is 10.0. The van der Waals surface area contributed by atoms with Crippen molar-refractivity contribution in [1.82, 2.24) is 14.9 Å². The van der Waals surface area contributed by atoms with Crippen molar-refractivity contribution >= 4 is 34.6 Å². The van der Waals surface area contributed by atoms with Crippen molar-refractivity contribution in [2.45, 2.75) is 31.3 Å². The Bertz CT molecular complexity index is 1380. The third-order valence-electron chi connectivity index (χ3n) is 8.07. The minimum atomic E-state index is -0.283. The molecule has 2 saturated heterocycles. The van der Waals surface area contributed by atoms with Crippen LogP contribution in [0.5, 0.6) is 5.75 Å². The number of anilines is 5. The fraction of sp³-hybridized carbons (Fsp3) is 0.406. The Morgan fingerprint density at radius 1 is 1.12 bits per heavy atom. The van der Waals surface area contributed by atoms with Gasteiger partial charge in [-0.25, -0.2) is 15.0 Å². The molecule has 0 saturated carbocycles. The number of ether oxygens (including phenoxy) is 2. The summed E-state index contributed by atoms with van der Waals surface area (Å²) >= 11 is 0. The summed E-state index contributed by atoms with van der Waals surface area (Å²) in [6.07, 6.45) is 5.65. The number of hydrogen-bond acceptors (Lipinski definition) is 10. The van der Waals surface area contributed by atoms with Crippen LogP contribution in [0.2, 0.25) is 0 Å². The van der Waals surface area contributed by atoms with E-state index in [1.165, 1.54) is 18.0 Å². The number of rotatable bonds is 12. The van der Waals surface area contributed by atoms with Crippen molar-refractivity contribution in [2.24, 2.45) is 0 Å². The lowest BCUT2D eigenvalue weighted by Gasteiger charge is -2.38. The van der Waals surface area contributed by atoms with Gasteiger partial charge in [0.05, 0.1) is 43.4 Å². The predicted molar refractivity (Wildman–Crippen MR) is 169 cm³/mol. The van der Waals surface area contributed by atoms with Gasteiger partial charge < -0.3 is 29.9 Å². The fourth-order valence-corrected chi connectivity index (χ4v) is 5.69. The summed E-state index contributed by atoms with van der Waals surface area (Å²) in [6, 6.07) is 16.5. The van der Waals surface area contributed by atoms with Crippen LogP contribution in [0, 0.1) is 0 Å². The summed E-state index contributed by atoms with van der Waals surface area (Å²) in [6.45, 7) is 7.56. The van der Waals surface area contributed by atoms with Gasteiger partial charge in [-0.2, -0.15) is 0 Å². The minimum Gasteiger partial charge on any atom is -0.494 e. The van der Waals surface area contributed by atoms with Crippen molar-refractivity contribution in [3.8, 4) is 5.75 Å². The molecule has 2 N–H and O–H groups in total. The number of hydroxylamine groups is 1. The number of piperidine rings is 1. The highest BCUT2D eigenvalue weighted by Crippen LogP contribution is 2.40. The molecule has 1 amide bonds. The van der Waals surface area contributed by atoms with Crippen LogP contribution < -0.4 is 25.3 Å². The molecule has 1 atom stereocenters. The summed E-state index contributed by atoms with van der Waals surface area (Å²) in [5.74, 6) is 1.57. The number of hydrogen-bond donors (Lipinski definition) is 2. The van der Waals surface area contributed by atoms with Crippen LogP contribution in [-0.4, -0.2) is 80.9 Å². The van der Waals surface area contributed by atoms with Gasteiger partial charge in [0.2, 0.25) is 5.91 Å². The lowest BCUT2D eigenvalue weighted by Crippen LogP contribution is -2.44. The van der Waals surface area contributed by atoms with Crippen LogP contribution in [0.3, 0.4) is 0 Å². The average molecular weight is 588 g/mol. The predicted octanol–water partition coefficient (Wildman–Crippen LogP) is 4.78. The maximum Gasteiger partial charge on any atom is 0.247 e. The number of likely N-dealkylation sites (N-methyl/N-ethyl adjacent to an activating group) is 1. The van der Waals surface area contributed by atoms with E-state index in [1.807, 2.05) is 41.5 Å². The average Bonchev–Trinajstić information content (AvgIpc) is 3.55. The molecular weight excluding hydrogens is 546 g/mol. The van der Waals surface area contributed by atoms with E-state index in [1.54, 1.807) is 14.2 Å². The second-order valence-corrected chi connectivity index (χ2v) is 10.7. The number of carbonyl (C=O) groups is 1. The van der Waals surface area contributed by atoms with E-state index in [2.05, 4.69) is 56.2 Å². The molecular formula is C32H41N7O4. The first-order valence-corrected chi connectivity index (χ1v) is 14.7. The van der Waals surface area contributed by atoms with Gasteiger partial charge in [0.25, 0.3) is 0 Å². The topological polar surface area (TPSA) is 104 Å². The minimum absolute atomic E-state index is 0.0578. The molecule has 0 spiro atoms. The molecule has 11 nitrogen and oxygen atoms in total. The maximum absolute atomic E-state index is 12.5. The van der Waals surface area contributed by atoms with E-state index >= 15 is 0 Å². The van der Waals surface area contributed by atoms with E-state index in [9.17, 15) is 4.79 Å². The molecule has 1 aromatic heterocycles. The Balaban J connectivity index is 1.38. The van der Waals surface area contributed by atoms with Gasteiger partial charge in [-0.1, -0.05) is 36.9 Å². The van der Waals surface area contributed by atoms with Gasteiger partial charge in [-0.3, -0.25) is 9.63 Å². The molecule has 2 aromatic carbocycles. The van der Waals surface area contributed by atoms with Crippen LogP contribution in [0.15, 0.2) is 67.5 Å². The zero-order valence-corrected chi connectivity index (χ0v) is 25.2. The number of methoxy groups -OCH3 is 2. The molecule has 0 radical (unpaired) electrons. The van der Waals surface area contributed by atoms with Gasteiger partial charge in [-0.15, -0.1) is 0 Å². The van der Waals surface area contributed by atoms with E-state index in [0.717, 1.165) is 44.6 Å².